The van der Waals surface area contributed by atoms with E-state index in [1.807, 2.05) is 19.1 Å². The molecular weight excluding hydrogens is 278 g/mol. The van der Waals surface area contributed by atoms with Crippen LogP contribution in [0.15, 0.2) is 22.7 Å². The Labute approximate surface area is 109 Å². The topological polar surface area (TPSA) is 51.8 Å². The van der Waals surface area contributed by atoms with E-state index in [1.54, 1.807) is 0 Å². The molecule has 0 radical (unpaired) electrons. The van der Waals surface area contributed by atoms with Crippen LogP contribution in [-0.2, 0) is 5.41 Å². The van der Waals surface area contributed by atoms with E-state index in [1.165, 1.54) is 0 Å². The Balaban J connectivity index is 2.21. The van der Waals surface area contributed by atoms with Gasteiger partial charge >= 0.3 is 0 Å². The van der Waals surface area contributed by atoms with Crippen molar-refractivity contribution in [3.8, 4) is 0 Å². The summed E-state index contributed by atoms with van der Waals surface area (Å²) in [5.74, 6) is 0.923. The minimum absolute atomic E-state index is 0.0615. The number of fused-ring (bicyclic) bond motifs is 1. The summed E-state index contributed by atoms with van der Waals surface area (Å²) in [7, 11) is 0. The molecule has 2 aromatic rings. The molecule has 1 fully saturated rings. The maximum atomic E-state index is 5.83. The lowest BCUT2D eigenvalue weighted by atomic mass is 10.1. The van der Waals surface area contributed by atoms with E-state index >= 15 is 0 Å². The quantitative estimate of drug-likeness (QED) is 0.926. The highest BCUT2D eigenvalue weighted by Crippen LogP contribution is 2.45. The van der Waals surface area contributed by atoms with Crippen molar-refractivity contribution in [3.63, 3.8) is 0 Å². The highest BCUT2D eigenvalue weighted by atomic mass is 79.9. The standard InChI is InChI=1S/C13H14BrN3/c1-8-10-6-9(14)2-3-11(10)17-12(16-8)13(7-15)4-5-13/h2-3,6H,4-5,7,15H2,1H3. The van der Waals surface area contributed by atoms with Gasteiger partial charge in [-0.1, -0.05) is 15.9 Å². The van der Waals surface area contributed by atoms with Gasteiger partial charge in [0.2, 0.25) is 0 Å². The second-order valence-corrected chi connectivity index (χ2v) is 5.69. The van der Waals surface area contributed by atoms with Crippen LogP contribution in [0.2, 0.25) is 0 Å². The third-order valence-corrected chi connectivity index (χ3v) is 4.06. The smallest absolute Gasteiger partial charge is 0.136 e. The molecule has 0 bridgehead atoms. The summed E-state index contributed by atoms with van der Waals surface area (Å²) in [6, 6.07) is 6.11. The van der Waals surface area contributed by atoms with Gasteiger partial charge in [0, 0.05) is 27.5 Å². The van der Waals surface area contributed by atoms with E-state index < -0.39 is 0 Å². The first-order chi connectivity index (χ1) is 8.14. The summed E-state index contributed by atoms with van der Waals surface area (Å²) in [6.45, 7) is 2.68. The molecule has 1 aromatic carbocycles. The van der Waals surface area contributed by atoms with Gasteiger partial charge in [-0.2, -0.15) is 0 Å². The lowest BCUT2D eigenvalue weighted by Crippen LogP contribution is -2.22. The molecule has 0 aliphatic heterocycles. The SMILES string of the molecule is Cc1nc(C2(CN)CC2)nc2ccc(Br)cc12. The van der Waals surface area contributed by atoms with Crippen LogP contribution in [0.3, 0.4) is 0 Å². The van der Waals surface area contributed by atoms with Crippen molar-refractivity contribution >= 4 is 26.8 Å². The number of aryl methyl sites for hydroxylation is 1. The molecule has 88 valence electrons. The van der Waals surface area contributed by atoms with Crippen LogP contribution in [0.1, 0.15) is 24.4 Å². The lowest BCUT2D eigenvalue weighted by Gasteiger charge is -2.13. The summed E-state index contributed by atoms with van der Waals surface area (Å²) in [5, 5.41) is 1.11. The number of rotatable bonds is 2. The normalized spacial score (nSPS) is 17.4. The molecular formula is C13H14BrN3. The fourth-order valence-corrected chi connectivity index (χ4v) is 2.52. The van der Waals surface area contributed by atoms with Crippen LogP contribution < -0.4 is 5.73 Å². The average molecular weight is 292 g/mol. The zero-order valence-electron chi connectivity index (χ0n) is 9.70. The fraction of sp³-hybridized carbons (Fsp3) is 0.385. The highest BCUT2D eigenvalue weighted by molar-refractivity contribution is 9.10. The van der Waals surface area contributed by atoms with Crippen molar-refractivity contribution in [2.75, 3.05) is 6.54 Å². The third-order valence-electron chi connectivity index (χ3n) is 3.57. The molecule has 4 heteroatoms. The minimum Gasteiger partial charge on any atom is -0.329 e. The largest absolute Gasteiger partial charge is 0.329 e. The monoisotopic (exact) mass is 291 g/mol. The van der Waals surface area contributed by atoms with Gasteiger partial charge in [-0.05, 0) is 38.0 Å². The van der Waals surface area contributed by atoms with Crippen molar-refractivity contribution in [1.82, 2.24) is 9.97 Å². The van der Waals surface area contributed by atoms with Crippen LogP contribution in [0.4, 0.5) is 0 Å². The molecule has 1 aliphatic carbocycles. The maximum absolute atomic E-state index is 5.83. The Morgan fingerprint density at radius 1 is 1.35 bits per heavy atom. The molecule has 1 heterocycles. The zero-order chi connectivity index (χ0) is 12.0. The summed E-state index contributed by atoms with van der Waals surface area (Å²) in [6.07, 6.45) is 2.23. The van der Waals surface area contributed by atoms with Gasteiger partial charge in [-0.25, -0.2) is 9.97 Å². The van der Waals surface area contributed by atoms with Crippen LogP contribution in [0.5, 0.6) is 0 Å². The molecule has 1 aliphatic rings. The summed E-state index contributed by atoms with van der Waals surface area (Å²) in [4.78, 5) is 9.31. The molecule has 0 unspecified atom stereocenters. The second kappa shape index (κ2) is 3.75. The lowest BCUT2D eigenvalue weighted by molar-refractivity contribution is 0.650. The Morgan fingerprint density at radius 3 is 2.76 bits per heavy atom. The minimum atomic E-state index is 0.0615. The average Bonchev–Trinajstić information content (AvgIpc) is 3.11. The van der Waals surface area contributed by atoms with Gasteiger partial charge < -0.3 is 5.73 Å². The van der Waals surface area contributed by atoms with Gasteiger partial charge in [0.05, 0.1) is 5.52 Å². The van der Waals surface area contributed by atoms with Crippen LogP contribution in [-0.4, -0.2) is 16.5 Å². The van der Waals surface area contributed by atoms with Crippen molar-refractivity contribution in [2.24, 2.45) is 5.73 Å². The number of benzene rings is 1. The van der Waals surface area contributed by atoms with E-state index in [9.17, 15) is 0 Å². The molecule has 0 spiro atoms. The molecule has 0 saturated heterocycles. The van der Waals surface area contributed by atoms with E-state index in [0.29, 0.717) is 6.54 Å². The first-order valence-corrected chi connectivity index (χ1v) is 6.58. The van der Waals surface area contributed by atoms with Gasteiger partial charge in [0.1, 0.15) is 5.82 Å². The van der Waals surface area contributed by atoms with E-state index in [0.717, 1.165) is 39.7 Å². The Bertz CT molecular complexity index is 590. The van der Waals surface area contributed by atoms with Crippen molar-refractivity contribution in [3.05, 3.63) is 34.2 Å². The molecule has 3 nitrogen and oxygen atoms in total. The molecule has 0 atom stereocenters. The Kier molecular flexibility index (Phi) is 2.45. The van der Waals surface area contributed by atoms with Crippen LogP contribution >= 0.6 is 15.9 Å². The second-order valence-electron chi connectivity index (χ2n) is 4.78. The first kappa shape index (κ1) is 11.1. The molecule has 1 saturated carbocycles. The van der Waals surface area contributed by atoms with Crippen LogP contribution in [0, 0.1) is 6.92 Å². The molecule has 0 amide bonds. The van der Waals surface area contributed by atoms with Gasteiger partial charge in [0.25, 0.3) is 0 Å². The number of hydrogen-bond acceptors (Lipinski definition) is 3. The molecule has 17 heavy (non-hydrogen) atoms. The number of hydrogen-bond donors (Lipinski definition) is 1. The Hall–Kier alpha value is -1.000. The van der Waals surface area contributed by atoms with Gasteiger partial charge in [-0.3, -0.25) is 0 Å². The predicted octanol–water partition coefficient (Wildman–Crippen LogP) is 2.69. The van der Waals surface area contributed by atoms with Crippen molar-refractivity contribution < 1.29 is 0 Å². The van der Waals surface area contributed by atoms with E-state index in [4.69, 9.17) is 5.73 Å². The third kappa shape index (κ3) is 1.76. The summed E-state index contributed by atoms with van der Waals surface area (Å²) in [5.41, 5.74) is 7.94. The van der Waals surface area contributed by atoms with Gasteiger partial charge in [-0.15, -0.1) is 0 Å². The number of nitrogens with two attached hydrogens (primary N) is 1. The number of halogens is 1. The van der Waals surface area contributed by atoms with E-state index in [2.05, 4.69) is 32.0 Å². The predicted molar refractivity (Wildman–Crippen MR) is 71.9 cm³/mol. The van der Waals surface area contributed by atoms with Crippen LogP contribution in [0.25, 0.3) is 10.9 Å². The van der Waals surface area contributed by atoms with Gasteiger partial charge in [0.15, 0.2) is 0 Å². The summed E-state index contributed by atoms with van der Waals surface area (Å²) < 4.78 is 1.06. The van der Waals surface area contributed by atoms with E-state index in [-0.39, 0.29) is 5.41 Å². The molecule has 3 rings (SSSR count). The highest BCUT2D eigenvalue weighted by Gasteiger charge is 2.46. The fourth-order valence-electron chi connectivity index (χ4n) is 2.16. The first-order valence-electron chi connectivity index (χ1n) is 5.79. The van der Waals surface area contributed by atoms with Crippen molar-refractivity contribution in [2.45, 2.75) is 25.2 Å². The van der Waals surface area contributed by atoms with Crippen molar-refractivity contribution in [1.29, 1.82) is 0 Å². The molecule has 1 aromatic heterocycles. The molecule has 2 N–H and O–H groups in total. The number of nitrogens with zero attached hydrogens (tertiary/aromatic N) is 2. The zero-order valence-corrected chi connectivity index (χ0v) is 11.3. The number of aromatic nitrogens is 2. The Morgan fingerprint density at radius 2 is 2.12 bits per heavy atom. The summed E-state index contributed by atoms with van der Waals surface area (Å²) >= 11 is 3.48. The maximum Gasteiger partial charge on any atom is 0.136 e.